The molecule has 1 aromatic carbocycles. The Morgan fingerprint density at radius 2 is 2.11 bits per heavy atom. The molecule has 1 rings (SSSR count). The van der Waals surface area contributed by atoms with Crippen LogP contribution in [-0.2, 0) is 9.53 Å². The van der Waals surface area contributed by atoms with Crippen molar-refractivity contribution in [2.75, 3.05) is 6.54 Å². The third kappa shape index (κ3) is 5.48. The summed E-state index contributed by atoms with van der Waals surface area (Å²) in [6.45, 7) is 3.88. The molecule has 0 bridgehead atoms. The molecule has 0 aliphatic heterocycles. The monoisotopic (exact) mass is 361 g/mol. The fourth-order valence-corrected chi connectivity index (χ4v) is 1.87. The molecule has 1 aromatic rings. The number of hydrogen-bond acceptors (Lipinski definition) is 3. The number of nitrogens with one attached hydrogen (secondary N) is 1. The summed E-state index contributed by atoms with van der Waals surface area (Å²) in [5, 5.41) is 2.69. The summed E-state index contributed by atoms with van der Waals surface area (Å²) < 4.78 is 5.96. The van der Waals surface area contributed by atoms with Crippen molar-refractivity contribution >= 4 is 34.5 Å². The first-order valence-corrected chi connectivity index (χ1v) is 6.80. The van der Waals surface area contributed by atoms with Crippen LogP contribution < -0.4 is 5.32 Å². The zero-order chi connectivity index (χ0) is 13.5. The van der Waals surface area contributed by atoms with E-state index >= 15 is 0 Å². The molecular formula is C13H16INO3. The van der Waals surface area contributed by atoms with Crippen molar-refractivity contribution in [2.45, 2.75) is 26.4 Å². The molecule has 0 unspecified atom stereocenters. The summed E-state index contributed by atoms with van der Waals surface area (Å²) in [7, 11) is 0. The standard InChI is InChI=1S/C13H16INO3/c1-9(2)18-12(16)6-7-15-13(17)10-4-3-5-11(14)8-10/h3-5,8-9H,6-7H2,1-2H3,(H,15,17). The van der Waals surface area contributed by atoms with E-state index in [1.54, 1.807) is 26.0 Å². The zero-order valence-electron chi connectivity index (χ0n) is 10.4. The predicted octanol–water partition coefficient (Wildman–Crippen LogP) is 2.36. The van der Waals surface area contributed by atoms with Gasteiger partial charge in [0.05, 0.1) is 12.5 Å². The lowest BCUT2D eigenvalue weighted by Crippen LogP contribution is -2.27. The molecule has 98 valence electrons. The van der Waals surface area contributed by atoms with Gasteiger partial charge in [0.15, 0.2) is 0 Å². The van der Waals surface area contributed by atoms with Gasteiger partial charge in [-0.2, -0.15) is 0 Å². The first-order chi connectivity index (χ1) is 8.49. The summed E-state index contributed by atoms with van der Waals surface area (Å²) in [4.78, 5) is 23.0. The van der Waals surface area contributed by atoms with Crippen molar-refractivity contribution in [1.82, 2.24) is 5.32 Å². The summed E-state index contributed by atoms with van der Waals surface area (Å²) in [5.74, 6) is -0.473. The fourth-order valence-electron chi connectivity index (χ4n) is 1.33. The second kappa shape index (κ2) is 7.35. The Labute approximate surface area is 120 Å². The summed E-state index contributed by atoms with van der Waals surface area (Å²) in [6.07, 6.45) is 0.0670. The van der Waals surface area contributed by atoms with Gasteiger partial charge in [-0.25, -0.2) is 0 Å². The number of ether oxygens (including phenoxy) is 1. The van der Waals surface area contributed by atoms with Crippen LogP contribution in [-0.4, -0.2) is 24.5 Å². The molecule has 0 saturated heterocycles. The van der Waals surface area contributed by atoms with Gasteiger partial charge in [0.1, 0.15) is 0 Å². The third-order valence-electron chi connectivity index (χ3n) is 2.07. The van der Waals surface area contributed by atoms with Crippen molar-refractivity contribution < 1.29 is 14.3 Å². The van der Waals surface area contributed by atoms with Crippen LogP contribution >= 0.6 is 22.6 Å². The van der Waals surface area contributed by atoms with Crippen LogP contribution in [0.1, 0.15) is 30.6 Å². The average molecular weight is 361 g/mol. The maximum absolute atomic E-state index is 11.7. The summed E-state index contributed by atoms with van der Waals surface area (Å²) in [6, 6.07) is 7.27. The highest BCUT2D eigenvalue weighted by molar-refractivity contribution is 14.1. The highest BCUT2D eigenvalue weighted by Gasteiger charge is 2.08. The Morgan fingerprint density at radius 1 is 1.39 bits per heavy atom. The minimum Gasteiger partial charge on any atom is -0.463 e. The molecule has 0 saturated carbocycles. The van der Waals surface area contributed by atoms with Crippen molar-refractivity contribution in [3.8, 4) is 0 Å². The first kappa shape index (κ1) is 14.9. The Kier molecular flexibility index (Phi) is 6.11. The smallest absolute Gasteiger partial charge is 0.307 e. The molecule has 0 atom stereocenters. The van der Waals surface area contributed by atoms with Gasteiger partial charge < -0.3 is 10.1 Å². The van der Waals surface area contributed by atoms with Crippen molar-refractivity contribution in [2.24, 2.45) is 0 Å². The number of amides is 1. The molecule has 5 heteroatoms. The van der Waals surface area contributed by atoms with Gasteiger partial charge in [0.2, 0.25) is 0 Å². The summed E-state index contributed by atoms with van der Waals surface area (Å²) >= 11 is 2.15. The van der Waals surface area contributed by atoms with Gasteiger partial charge in [0, 0.05) is 15.7 Å². The van der Waals surface area contributed by atoms with E-state index in [-0.39, 0.29) is 30.9 Å². The number of halogens is 1. The van der Waals surface area contributed by atoms with Crippen LogP contribution in [0.15, 0.2) is 24.3 Å². The van der Waals surface area contributed by atoms with Crippen molar-refractivity contribution in [1.29, 1.82) is 0 Å². The van der Waals surface area contributed by atoms with Gasteiger partial charge >= 0.3 is 5.97 Å². The second-order valence-electron chi connectivity index (χ2n) is 4.05. The van der Waals surface area contributed by atoms with E-state index in [9.17, 15) is 9.59 Å². The Bertz CT molecular complexity index is 432. The number of hydrogen-bond donors (Lipinski definition) is 1. The van der Waals surface area contributed by atoms with Gasteiger partial charge in [0.25, 0.3) is 5.91 Å². The fraction of sp³-hybridized carbons (Fsp3) is 0.385. The number of carbonyl (C=O) groups is 2. The number of benzene rings is 1. The normalized spacial score (nSPS) is 10.2. The Balaban J connectivity index is 2.36. The molecule has 1 amide bonds. The van der Waals surface area contributed by atoms with E-state index in [1.807, 2.05) is 12.1 Å². The average Bonchev–Trinajstić information content (AvgIpc) is 2.27. The molecular weight excluding hydrogens is 345 g/mol. The Morgan fingerprint density at radius 3 is 2.72 bits per heavy atom. The van der Waals surface area contributed by atoms with Crippen LogP contribution in [0.4, 0.5) is 0 Å². The Hall–Kier alpha value is -1.11. The predicted molar refractivity (Wildman–Crippen MR) is 77.3 cm³/mol. The van der Waals surface area contributed by atoms with Crippen LogP contribution in [0, 0.1) is 3.57 Å². The van der Waals surface area contributed by atoms with Crippen LogP contribution in [0.3, 0.4) is 0 Å². The lowest BCUT2D eigenvalue weighted by atomic mass is 10.2. The second-order valence-corrected chi connectivity index (χ2v) is 5.30. The van der Waals surface area contributed by atoms with Crippen molar-refractivity contribution in [3.63, 3.8) is 0 Å². The SMILES string of the molecule is CC(C)OC(=O)CCNC(=O)c1cccc(I)c1. The molecule has 0 spiro atoms. The molecule has 0 radical (unpaired) electrons. The lowest BCUT2D eigenvalue weighted by Gasteiger charge is -2.08. The van der Waals surface area contributed by atoms with E-state index in [4.69, 9.17) is 4.74 Å². The van der Waals surface area contributed by atoms with Crippen LogP contribution in [0.2, 0.25) is 0 Å². The highest BCUT2D eigenvalue weighted by atomic mass is 127. The lowest BCUT2D eigenvalue weighted by molar-refractivity contribution is -0.147. The van der Waals surface area contributed by atoms with E-state index in [1.165, 1.54) is 0 Å². The quantitative estimate of drug-likeness (QED) is 0.647. The van der Waals surface area contributed by atoms with Crippen molar-refractivity contribution in [3.05, 3.63) is 33.4 Å². The van der Waals surface area contributed by atoms with Gasteiger partial charge in [-0.3, -0.25) is 9.59 Å². The topological polar surface area (TPSA) is 55.4 Å². The van der Waals surface area contributed by atoms with Gasteiger partial charge in [-0.1, -0.05) is 6.07 Å². The molecule has 4 nitrogen and oxygen atoms in total. The molecule has 0 aliphatic carbocycles. The molecule has 0 fully saturated rings. The molecule has 1 N–H and O–H groups in total. The van der Waals surface area contributed by atoms with E-state index < -0.39 is 0 Å². The van der Waals surface area contributed by atoms with Crippen LogP contribution in [0.5, 0.6) is 0 Å². The first-order valence-electron chi connectivity index (χ1n) is 5.72. The molecule has 18 heavy (non-hydrogen) atoms. The molecule has 0 aliphatic rings. The third-order valence-corrected chi connectivity index (χ3v) is 2.74. The zero-order valence-corrected chi connectivity index (χ0v) is 12.6. The minimum absolute atomic E-state index is 0.121. The largest absolute Gasteiger partial charge is 0.463 e. The van der Waals surface area contributed by atoms with Gasteiger partial charge in [-0.15, -0.1) is 0 Å². The van der Waals surface area contributed by atoms with E-state index in [0.717, 1.165) is 3.57 Å². The summed E-state index contributed by atoms with van der Waals surface area (Å²) in [5.41, 5.74) is 0.596. The number of rotatable bonds is 5. The van der Waals surface area contributed by atoms with E-state index in [2.05, 4.69) is 27.9 Å². The highest BCUT2D eigenvalue weighted by Crippen LogP contribution is 2.07. The van der Waals surface area contributed by atoms with E-state index in [0.29, 0.717) is 5.56 Å². The van der Waals surface area contributed by atoms with Crippen LogP contribution in [0.25, 0.3) is 0 Å². The minimum atomic E-state index is -0.298. The van der Waals surface area contributed by atoms with Gasteiger partial charge in [-0.05, 0) is 54.6 Å². The maximum Gasteiger partial charge on any atom is 0.307 e. The number of carbonyl (C=O) groups excluding carboxylic acids is 2. The molecule has 0 aromatic heterocycles. The molecule has 0 heterocycles. The maximum atomic E-state index is 11.7. The number of esters is 1.